The molecule has 0 unspecified atom stereocenters. The lowest BCUT2D eigenvalue weighted by Crippen LogP contribution is -2.03. The summed E-state index contributed by atoms with van der Waals surface area (Å²) in [6.07, 6.45) is 4.85. The molecule has 1 aromatic carbocycles. The van der Waals surface area contributed by atoms with Crippen molar-refractivity contribution in [3.8, 4) is 0 Å². The lowest BCUT2D eigenvalue weighted by atomic mass is 9.93. The van der Waals surface area contributed by atoms with Crippen molar-refractivity contribution in [2.45, 2.75) is 59.8 Å². The Kier molecular flexibility index (Phi) is 7.29. The van der Waals surface area contributed by atoms with E-state index < -0.39 is 0 Å². The zero-order chi connectivity index (χ0) is 15.1. The molecule has 0 spiro atoms. The van der Waals surface area contributed by atoms with E-state index in [-0.39, 0.29) is 5.24 Å². The van der Waals surface area contributed by atoms with Crippen LogP contribution in [0.3, 0.4) is 0 Å². The molecule has 2 heteroatoms. The number of carbonyl (C=O) groups excluding carboxylic acids is 1. The number of rotatable bonds is 8. The van der Waals surface area contributed by atoms with E-state index in [2.05, 4.69) is 45.9 Å². The van der Waals surface area contributed by atoms with Crippen LogP contribution < -0.4 is 0 Å². The molecule has 0 saturated heterocycles. The highest BCUT2D eigenvalue weighted by Crippen LogP contribution is 2.19. The minimum atomic E-state index is -0.272. The Labute approximate surface area is 128 Å². The molecule has 1 rings (SSSR count). The lowest BCUT2D eigenvalue weighted by Gasteiger charge is -2.13. The van der Waals surface area contributed by atoms with Crippen molar-refractivity contribution in [1.29, 1.82) is 0 Å². The molecule has 0 aliphatic rings. The van der Waals surface area contributed by atoms with Gasteiger partial charge < -0.3 is 0 Å². The molecule has 112 valence electrons. The van der Waals surface area contributed by atoms with Crippen molar-refractivity contribution in [1.82, 2.24) is 0 Å². The Morgan fingerprint density at radius 2 is 1.60 bits per heavy atom. The molecule has 0 aliphatic heterocycles. The van der Waals surface area contributed by atoms with Gasteiger partial charge in [0.25, 0.3) is 0 Å². The molecule has 20 heavy (non-hydrogen) atoms. The second-order valence-electron chi connectivity index (χ2n) is 6.50. The van der Waals surface area contributed by atoms with Crippen molar-refractivity contribution in [2.75, 3.05) is 0 Å². The molecule has 0 fully saturated rings. The van der Waals surface area contributed by atoms with E-state index in [0.29, 0.717) is 12.3 Å². The van der Waals surface area contributed by atoms with Crippen molar-refractivity contribution in [3.05, 3.63) is 34.9 Å². The van der Waals surface area contributed by atoms with Crippen LogP contribution >= 0.6 is 11.6 Å². The first kappa shape index (κ1) is 17.2. The normalized spacial score (nSPS) is 11.3. The van der Waals surface area contributed by atoms with Crippen LogP contribution in [0.1, 0.15) is 57.2 Å². The van der Waals surface area contributed by atoms with E-state index in [0.717, 1.165) is 30.7 Å². The van der Waals surface area contributed by atoms with Crippen molar-refractivity contribution >= 4 is 16.8 Å². The van der Waals surface area contributed by atoms with E-state index >= 15 is 0 Å². The maximum atomic E-state index is 11.2. The fraction of sp³-hybridized carbons (Fsp3) is 0.611. The Hall–Kier alpha value is -0.820. The predicted molar refractivity (Wildman–Crippen MR) is 87.3 cm³/mol. The number of hydrogen-bond donors (Lipinski definition) is 0. The highest BCUT2D eigenvalue weighted by molar-refractivity contribution is 6.63. The number of halogens is 1. The topological polar surface area (TPSA) is 17.1 Å². The molecule has 0 N–H and O–H groups in total. The minimum absolute atomic E-state index is 0.272. The molecule has 0 atom stereocenters. The summed E-state index contributed by atoms with van der Waals surface area (Å²) in [5.74, 6) is 1.40. The summed E-state index contributed by atoms with van der Waals surface area (Å²) < 4.78 is 0. The van der Waals surface area contributed by atoms with Crippen LogP contribution in [0, 0.1) is 11.8 Å². The maximum absolute atomic E-state index is 11.2. The van der Waals surface area contributed by atoms with Gasteiger partial charge in [0.2, 0.25) is 5.24 Å². The summed E-state index contributed by atoms with van der Waals surface area (Å²) in [7, 11) is 0. The summed E-state index contributed by atoms with van der Waals surface area (Å²) in [5.41, 5.74) is 3.77. The standard InChI is InChI=1S/C18H27ClO/c1-13(2)5-7-15-8-10-17(12-18(19)20)16(11-15)9-6-14(3)4/h8,10-11,13-14H,5-7,9,12H2,1-4H3. The van der Waals surface area contributed by atoms with Crippen molar-refractivity contribution < 1.29 is 4.79 Å². The number of carbonyl (C=O) groups is 1. The highest BCUT2D eigenvalue weighted by Gasteiger charge is 2.09. The Balaban J connectivity index is 2.86. The quantitative estimate of drug-likeness (QED) is 0.604. The van der Waals surface area contributed by atoms with Crippen molar-refractivity contribution in [2.24, 2.45) is 11.8 Å². The molecule has 0 saturated carbocycles. The van der Waals surface area contributed by atoms with E-state index in [1.807, 2.05) is 0 Å². The molecule has 0 bridgehead atoms. The van der Waals surface area contributed by atoms with Gasteiger partial charge in [0.1, 0.15) is 0 Å². The van der Waals surface area contributed by atoms with Gasteiger partial charge in [-0.25, -0.2) is 0 Å². The zero-order valence-corrected chi connectivity index (χ0v) is 14.0. The van der Waals surface area contributed by atoms with Gasteiger partial charge in [0.05, 0.1) is 0 Å². The molecule has 1 nitrogen and oxygen atoms in total. The largest absolute Gasteiger partial charge is 0.281 e. The summed E-state index contributed by atoms with van der Waals surface area (Å²) >= 11 is 5.55. The molecule has 0 aliphatic carbocycles. The minimum Gasteiger partial charge on any atom is -0.281 e. The van der Waals surface area contributed by atoms with Crippen LogP contribution in [0.25, 0.3) is 0 Å². The van der Waals surface area contributed by atoms with Gasteiger partial charge in [-0.05, 0) is 65.8 Å². The first-order chi connectivity index (χ1) is 9.38. The first-order valence-electron chi connectivity index (χ1n) is 7.67. The van der Waals surface area contributed by atoms with Crippen LogP contribution in [0.4, 0.5) is 0 Å². The van der Waals surface area contributed by atoms with Crippen LogP contribution in [0.2, 0.25) is 0 Å². The van der Waals surface area contributed by atoms with E-state index in [1.54, 1.807) is 0 Å². The van der Waals surface area contributed by atoms with Gasteiger partial charge in [-0.2, -0.15) is 0 Å². The summed E-state index contributed by atoms with van der Waals surface area (Å²) in [4.78, 5) is 11.2. The molecular weight excluding hydrogens is 268 g/mol. The predicted octanol–water partition coefficient (Wildman–Crippen LogP) is 5.17. The molecular formula is C18H27ClO. The summed E-state index contributed by atoms with van der Waals surface area (Å²) in [5, 5.41) is -0.272. The van der Waals surface area contributed by atoms with Gasteiger partial charge >= 0.3 is 0 Å². The monoisotopic (exact) mass is 294 g/mol. The van der Waals surface area contributed by atoms with E-state index in [1.165, 1.54) is 17.5 Å². The van der Waals surface area contributed by atoms with Crippen LogP contribution in [-0.2, 0) is 24.1 Å². The zero-order valence-electron chi connectivity index (χ0n) is 13.2. The highest BCUT2D eigenvalue weighted by atomic mass is 35.5. The molecule has 0 heterocycles. The average molecular weight is 295 g/mol. The van der Waals surface area contributed by atoms with Gasteiger partial charge in [0.15, 0.2) is 0 Å². The summed E-state index contributed by atoms with van der Waals surface area (Å²) in [6.45, 7) is 8.96. The third-order valence-corrected chi connectivity index (χ3v) is 3.74. The molecule has 0 radical (unpaired) electrons. The van der Waals surface area contributed by atoms with Gasteiger partial charge in [-0.1, -0.05) is 45.9 Å². The van der Waals surface area contributed by atoms with Gasteiger partial charge in [0, 0.05) is 6.42 Å². The van der Waals surface area contributed by atoms with Gasteiger partial charge in [-0.3, -0.25) is 4.79 Å². The average Bonchev–Trinajstić information content (AvgIpc) is 2.35. The maximum Gasteiger partial charge on any atom is 0.226 e. The lowest BCUT2D eigenvalue weighted by molar-refractivity contribution is -0.111. The second kappa shape index (κ2) is 8.46. The number of benzene rings is 1. The number of aryl methyl sites for hydroxylation is 2. The van der Waals surface area contributed by atoms with Crippen LogP contribution in [0.15, 0.2) is 18.2 Å². The second-order valence-corrected chi connectivity index (χ2v) is 6.92. The third-order valence-electron chi connectivity index (χ3n) is 3.60. The smallest absolute Gasteiger partial charge is 0.226 e. The molecule has 1 aromatic rings. The Morgan fingerprint density at radius 1 is 1.00 bits per heavy atom. The van der Waals surface area contributed by atoms with E-state index in [4.69, 9.17) is 11.6 Å². The summed E-state index contributed by atoms with van der Waals surface area (Å²) in [6, 6.07) is 6.52. The SMILES string of the molecule is CC(C)CCc1ccc(CC(=O)Cl)c(CCC(C)C)c1. The number of hydrogen-bond acceptors (Lipinski definition) is 1. The Bertz CT molecular complexity index is 435. The van der Waals surface area contributed by atoms with Gasteiger partial charge in [-0.15, -0.1) is 0 Å². The fourth-order valence-corrected chi connectivity index (χ4v) is 2.43. The first-order valence-corrected chi connectivity index (χ1v) is 8.05. The fourth-order valence-electron chi connectivity index (χ4n) is 2.29. The Morgan fingerprint density at radius 3 is 2.15 bits per heavy atom. The van der Waals surface area contributed by atoms with Crippen LogP contribution in [0.5, 0.6) is 0 Å². The molecule has 0 amide bonds. The van der Waals surface area contributed by atoms with Crippen LogP contribution in [-0.4, -0.2) is 5.24 Å². The van der Waals surface area contributed by atoms with Crippen molar-refractivity contribution in [3.63, 3.8) is 0 Å². The molecule has 0 aromatic heterocycles. The third kappa shape index (κ3) is 6.56. The van der Waals surface area contributed by atoms with E-state index in [9.17, 15) is 4.79 Å².